The number of nitrogens with one attached hydrogen (secondary N) is 1. The molecule has 0 radical (unpaired) electrons. The van der Waals surface area contributed by atoms with Crippen molar-refractivity contribution >= 4 is 5.91 Å². The summed E-state index contributed by atoms with van der Waals surface area (Å²) in [7, 11) is 4.06. The number of likely N-dealkylation sites (N-methyl/N-ethyl adjacent to an activating group) is 1. The average molecular weight is 322 g/mol. The maximum atomic E-state index is 12.8. The summed E-state index contributed by atoms with van der Waals surface area (Å²) in [6.45, 7) is 0.778. The van der Waals surface area contributed by atoms with Gasteiger partial charge in [0.05, 0.1) is 6.04 Å². The molecule has 1 atom stereocenters. The Bertz CT molecular complexity index is 694. The van der Waals surface area contributed by atoms with Crippen LogP contribution in [0.3, 0.4) is 0 Å². The first-order valence-electron chi connectivity index (χ1n) is 8.76. The topological polar surface area (TPSA) is 32.3 Å². The van der Waals surface area contributed by atoms with Crippen LogP contribution in [0, 0.1) is 0 Å². The summed E-state index contributed by atoms with van der Waals surface area (Å²) in [6.07, 6.45) is 4.73. The van der Waals surface area contributed by atoms with Crippen LogP contribution in [0.1, 0.15) is 45.9 Å². The molecule has 0 bridgehead atoms. The van der Waals surface area contributed by atoms with E-state index < -0.39 is 0 Å². The first kappa shape index (κ1) is 16.7. The molecule has 0 aromatic heterocycles. The maximum absolute atomic E-state index is 12.8. The van der Waals surface area contributed by atoms with E-state index in [1.165, 1.54) is 24.0 Å². The number of amides is 1. The predicted molar refractivity (Wildman–Crippen MR) is 98.3 cm³/mol. The Labute approximate surface area is 144 Å². The van der Waals surface area contributed by atoms with Crippen molar-refractivity contribution in [1.82, 2.24) is 10.2 Å². The molecule has 1 amide bonds. The Hall–Kier alpha value is -2.13. The molecule has 2 aromatic carbocycles. The third-order valence-corrected chi connectivity index (χ3v) is 4.67. The van der Waals surface area contributed by atoms with Crippen molar-refractivity contribution in [3.8, 4) is 0 Å². The number of aryl methyl sites for hydroxylation is 2. The molecule has 24 heavy (non-hydrogen) atoms. The molecule has 1 N–H and O–H groups in total. The molecule has 1 aliphatic carbocycles. The largest absolute Gasteiger partial charge is 0.344 e. The van der Waals surface area contributed by atoms with Gasteiger partial charge in [-0.2, -0.15) is 0 Å². The van der Waals surface area contributed by atoms with Gasteiger partial charge in [-0.05, 0) is 68.6 Å². The predicted octanol–water partition coefficient (Wildman–Crippen LogP) is 3.60. The Kier molecular flexibility index (Phi) is 5.31. The highest BCUT2D eigenvalue weighted by atomic mass is 16.1. The van der Waals surface area contributed by atoms with Crippen LogP contribution in [-0.2, 0) is 12.8 Å². The Balaban J connectivity index is 1.78. The zero-order valence-electron chi connectivity index (χ0n) is 14.6. The van der Waals surface area contributed by atoms with Crippen LogP contribution >= 0.6 is 0 Å². The van der Waals surface area contributed by atoms with E-state index in [9.17, 15) is 4.79 Å². The Morgan fingerprint density at radius 3 is 2.46 bits per heavy atom. The molecule has 3 rings (SSSR count). The molecule has 0 spiro atoms. The SMILES string of the molecule is CN(C)C[C@H](NC(=O)c1ccc2c(c1)CCCC2)c1ccccc1. The highest BCUT2D eigenvalue weighted by molar-refractivity contribution is 5.94. The molecule has 2 aromatic rings. The van der Waals surface area contributed by atoms with Crippen molar-refractivity contribution in [1.29, 1.82) is 0 Å². The Morgan fingerprint density at radius 1 is 1.04 bits per heavy atom. The van der Waals surface area contributed by atoms with Gasteiger partial charge in [0, 0.05) is 12.1 Å². The minimum absolute atomic E-state index is 0.00951. The number of hydrogen-bond acceptors (Lipinski definition) is 2. The molecule has 0 aliphatic heterocycles. The van der Waals surface area contributed by atoms with Crippen LogP contribution in [0.2, 0.25) is 0 Å². The maximum Gasteiger partial charge on any atom is 0.251 e. The van der Waals surface area contributed by atoms with Crippen molar-refractivity contribution < 1.29 is 4.79 Å². The lowest BCUT2D eigenvalue weighted by molar-refractivity contribution is 0.0930. The molecule has 0 heterocycles. The minimum Gasteiger partial charge on any atom is -0.344 e. The van der Waals surface area contributed by atoms with Crippen molar-refractivity contribution in [2.45, 2.75) is 31.7 Å². The summed E-state index contributed by atoms with van der Waals surface area (Å²) in [5.74, 6) is 0.0130. The fraction of sp³-hybridized carbons (Fsp3) is 0.381. The van der Waals surface area contributed by atoms with Crippen molar-refractivity contribution in [2.75, 3.05) is 20.6 Å². The molecule has 3 heteroatoms. The van der Waals surface area contributed by atoms with Gasteiger partial charge in [-0.15, -0.1) is 0 Å². The summed E-state index contributed by atoms with van der Waals surface area (Å²) >= 11 is 0. The highest BCUT2D eigenvalue weighted by Gasteiger charge is 2.18. The molecular formula is C21H26N2O. The molecule has 1 aliphatic rings. The summed E-state index contributed by atoms with van der Waals surface area (Å²) < 4.78 is 0. The van der Waals surface area contributed by atoms with Crippen LogP contribution < -0.4 is 5.32 Å². The zero-order valence-corrected chi connectivity index (χ0v) is 14.6. The third kappa shape index (κ3) is 4.04. The molecule has 0 fully saturated rings. The van der Waals surface area contributed by atoms with Gasteiger partial charge in [-0.25, -0.2) is 0 Å². The number of carbonyl (C=O) groups excluding carboxylic acids is 1. The van der Waals surface area contributed by atoms with Crippen LogP contribution in [0.15, 0.2) is 48.5 Å². The normalized spacial score (nSPS) is 15.0. The summed E-state index contributed by atoms with van der Waals surface area (Å²) in [6, 6.07) is 16.4. The number of rotatable bonds is 5. The second-order valence-electron chi connectivity index (χ2n) is 6.89. The molecule has 0 unspecified atom stereocenters. The summed E-state index contributed by atoms with van der Waals surface area (Å²) in [4.78, 5) is 14.9. The van der Waals surface area contributed by atoms with Crippen LogP contribution in [0.25, 0.3) is 0 Å². The van der Waals surface area contributed by atoms with Gasteiger partial charge < -0.3 is 10.2 Å². The highest BCUT2D eigenvalue weighted by Crippen LogP contribution is 2.23. The van der Waals surface area contributed by atoms with E-state index in [4.69, 9.17) is 0 Å². The van der Waals surface area contributed by atoms with E-state index in [1.807, 2.05) is 38.4 Å². The van der Waals surface area contributed by atoms with E-state index >= 15 is 0 Å². The van der Waals surface area contributed by atoms with Gasteiger partial charge >= 0.3 is 0 Å². The number of carbonyl (C=O) groups is 1. The summed E-state index contributed by atoms with van der Waals surface area (Å²) in [5.41, 5.74) is 4.66. The van der Waals surface area contributed by atoms with Gasteiger partial charge in [-0.3, -0.25) is 4.79 Å². The number of nitrogens with zero attached hydrogens (tertiary/aromatic N) is 1. The van der Waals surface area contributed by atoms with E-state index in [2.05, 4.69) is 34.5 Å². The standard InChI is InChI=1S/C21H26N2O/c1-23(2)15-20(17-9-4-3-5-10-17)22-21(24)19-13-12-16-8-6-7-11-18(16)14-19/h3-5,9-10,12-14,20H,6-8,11,15H2,1-2H3,(H,22,24)/t20-/m0/s1. The lowest BCUT2D eigenvalue weighted by atomic mass is 9.90. The van der Waals surface area contributed by atoms with Gasteiger partial charge in [0.1, 0.15) is 0 Å². The van der Waals surface area contributed by atoms with Crippen molar-refractivity contribution in [3.63, 3.8) is 0 Å². The van der Waals surface area contributed by atoms with E-state index in [0.717, 1.165) is 30.5 Å². The Morgan fingerprint density at radius 2 is 1.75 bits per heavy atom. The van der Waals surface area contributed by atoms with Crippen molar-refractivity contribution in [3.05, 3.63) is 70.8 Å². The first-order valence-corrected chi connectivity index (χ1v) is 8.76. The van der Waals surface area contributed by atoms with Gasteiger partial charge in [0.2, 0.25) is 0 Å². The summed E-state index contributed by atoms with van der Waals surface area (Å²) in [5, 5.41) is 3.21. The smallest absolute Gasteiger partial charge is 0.251 e. The van der Waals surface area contributed by atoms with Crippen LogP contribution in [0.5, 0.6) is 0 Å². The average Bonchev–Trinajstić information content (AvgIpc) is 2.61. The second kappa shape index (κ2) is 7.63. The van der Waals surface area contributed by atoms with Gasteiger partial charge in [0.15, 0.2) is 0 Å². The molecule has 126 valence electrons. The molecular weight excluding hydrogens is 296 g/mol. The first-order chi connectivity index (χ1) is 11.6. The van der Waals surface area contributed by atoms with Gasteiger partial charge in [-0.1, -0.05) is 36.4 Å². The fourth-order valence-corrected chi connectivity index (χ4v) is 3.40. The zero-order chi connectivity index (χ0) is 16.9. The quantitative estimate of drug-likeness (QED) is 0.912. The van der Waals surface area contributed by atoms with Crippen LogP contribution in [0.4, 0.5) is 0 Å². The number of benzene rings is 2. The monoisotopic (exact) mass is 322 g/mol. The lowest BCUT2D eigenvalue weighted by Crippen LogP contribution is -2.35. The van der Waals surface area contributed by atoms with Crippen molar-refractivity contribution in [2.24, 2.45) is 0 Å². The minimum atomic E-state index is -0.00951. The van der Waals surface area contributed by atoms with E-state index in [1.54, 1.807) is 0 Å². The molecule has 0 saturated carbocycles. The van der Waals surface area contributed by atoms with E-state index in [-0.39, 0.29) is 11.9 Å². The molecule has 0 saturated heterocycles. The number of fused-ring (bicyclic) bond motifs is 1. The third-order valence-electron chi connectivity index (χ3n) is 4.67. The lowest BCUT2D eigenvalue weighted by Gasteiger charge is -2.23. The van der Waals surface area contributed by atoms with Crippen LogP contribution in [-0.4, -0.2) is 31.4 Å². The van der Waals surface area contributed by atoms with E-state index in [0.29, 0.717) is 0 Å². The fourth-order valence-electron chi connectivity index (χ4n) is 3.40. The second-order valence-corrected chi connectivity index (χ2v) is 6.89. The van der Waals surface area contributed by atoms with Gasteiger partial charge in [0.25, 0.3) is 5.91 Å². The number of hydrogen-bond donors (Lipinski definition) is 1. The molecule has 3 nitrogen and oxygen atoms in total.